The molecule has 0 heterocycles. The van der Waals surface area contributed by atoms with E-state index in [9.17, 15) is 4.79 Å². The molecule has 1 aromatic rings. The van der Waals surface area contributed by atoms with Crippen LogP contribution in [-0.2, 0) is 0 Å². The average molecular weight is 220 g/mol. The van der Waals surface area contributed by atoms with E-state index in [4.69, 9.17) is 10.2 Å². The summed E-state index contributed by atoms with van der Waals surface area (Å²) >= 11 is 0. The summed E-state index contributed by atoms with van der Waals surface area (Å²) in [5.41, 5.74) is 2.86. The topological polar surface area (TPSA) is 57.5 Å². The summed E-state index contributed by atoms with van der Waals surface area (Å²) in [5, 5.41) is 17.6. The van der Waals surface area contributed by atoms with Gasteiger partial charge in [-0.1, -0.05) is 24.3 Å². The van der Waals surface area contributed by atoms with Crippen molar-refractivity contribution in [1.29, 1.82) is 0 Å². The summed E-state index contributed by atoms with van der Waals surface area (Å²) in [6, 6.07) is 3.68. The molecule has 0 saturated carbocycles. The average Bonchev–Trinajstić information content (AvgIpc) is 2.16. The van der Waals surface area contributed by atoms with Crippen LogP contribution in [-0.4, -0.2) is 22.8 Å². The van der Waals surface area contributed by atoms with Crippen molar-refractivity contribution in [3.8, 4) is 0 Å². The quantitative estimate of drug-likeness (QED) is 0.819. The molecule has 0 aliphatic carbocycles. The monoisotopic (exact) mass is 220 g/mol. The fourth-order valence-corrected chi connectivity index (χ4v) is 1.72. The molecule has 0 fully saturated rings. The maximum Gasteiger partial charge on any atom is 0.336 e. The van der Waals surface area contributed by atoms with Crippen molar-refractivity contribution in [3.05, 3.63) is 40.5 Å². The predicted octanol–water partition coefficient (Wildman–Crippen LogP) is 2.40. The highest BCUT2D eigenvalue weighted by atomic mass is 16.4. The number of carboxylic acid groups (broad SMARTS) is 1. The fraction of sp³-hybridized carbons (Fsp3) is 0.308. The summed E-state index contributed by atoms with van der Waals surface area (Å²) in [5.74, 6) is -0.888. The zero-order valence-electron chi connectivity index (χ0n) is 9.53. The zero-order valence-corrected chi connectivity index (χ0v) is 9.53. The van der Waals surface area contributed by atoms with Gasteiger partial charge in [0.2, 0.25) is 0 Å². The van der Waals surface area contributed by atoms with Crippen molar-refractivity contribution in [2.24, 2.45) is 0 Å². The summed E-state index contributed by atoms with van der Waals surface area (Å²) < 4.78 is 0. The normalized spacial score (nSPS) is 10.9. The molecule has 0 bridgehead atoms. The Labute approximate surface area is 95.0 Å². The van der Waals surface area contributed by atoms with Crippen LogP contribution in [0.1, 0.15) is 33.5 Å². The number of hydrogen-bond acceptors (Lipinski definition) is 2. The molecular formula is C13H16O3. The van der Waals surface area contributed by atoms with Crippen molar-refractivity contribution in [2.75, 3.05) is 6.61 Å². The molecule has 0 aliphatic heterocycles. The van der Waals surface area contributed by atoms with Crippen LogP contribution in [0.5, 0.6) is 0 Å². The molecule has 0 aliphatic rings. The minimum absolute atomic E-state index is 0.127. The molecule has 0 unspecified atom stereocenters. The molecule has 3 heteroatoms. The first kappa shape index (κ1) is 12.5. The third-order valence-corrected chi connectivity index (χ3v) is 2.37. The molecule has 2 N–H and O–H groups in total. The van der Waals surface area contributed by atoms with E-state index in [0.717, 1.165) is 16.7 Å². The number of aromatic carboxylic acids is 1. The molecule has 0 atom stereocenters. The molecule has 0 amide bonds. The first-order valence-electron chi connectivity index (χ1n) is 5.18. The number of carboxylic acids is 1. The smallest absolute Gasteiger partial charge is 0.336 e. The van der Waals surface area contributed by atoms with Crippen LogP contribution >= 0.6 is 0 Å². The molecule has 1 rings (SSSR count). The summed E-state index contributed by atoms with van der Waals surface area (Å²) in [7, 11) is 0. The minimum Gasteiger partial charge on any atom is -0.478 e. The van der Waals surface area contributed by atoms with Crippen molar-refractivity contribution in [1.82, 2.24) is 0 Å². The fourth-order valence-electron chi connectivity index (χ4n) is 1.72. The van der Waals surface area contributed by atoms with Gasteiger partial charge in [-0.15, -0.1) is 0 Å². The van der Waals surface area contributed by atoms with Crippen molar-refractivity contribution in [3.63, 3.8) is 0 Å². The number of carbonyl (C=O) groups is 1. The highest BCUT2D eigenvalue weighted by Gasteiger charge is 2.10. The Balaban J connectivity index is 3.05. The van der Waals surface area contributed by atoms with E-state index < -0.39 is 5.97 Å². The lowest BCUT2D eigenvalue weighted by molar-refractivity contribution is 0.0695. The lowest BCUT2D eigenvalue weighted by atomic mass is 9.99. The largest absolute Gasteiger partial charge is 0.478 e. The van der Waals surface area contributed by atoms with Gasteiger partial charge >= 0.3 is 5.97 Å². The lowest BCUT2D eigenvalue weighted by Crippen LogP contribution is -2.03. The first-order chi connectivity index (χ1) is 7.56. The summed E-state index contributed by atoms with van der Waals surface area (Å²) in [4.78, 5) is 11.0. The van der Waals surface area contributed by atoms with Gasteiger partial charge in [-0.2, -0.15) is 0 Å². The third kappa shape index (κ3) is 2.94. The highest BCUT2D eigenvalue weighted by Crippen LogP contribution is 2.17. The number of rotatable bonds is 4. The second-order valence-electron chi connectivity index (χ2n) is 3.75. The third-order valence-electron chi connectivity index (χ3n) is 2.37. The van der Waals surface area contributed by atoms with Crippen molar-refractivity contribution in [2.45, 2.75) is 20.3 Å². The second kappa shape index (κ2) is 5.47. The summed E-state index contributed by atoms with van der Waals surface area (Å²) in [6.45, 7) is 3.71. The van der Waals surface area contributed by atoms with Crippen LogP contribution < -0.4 is 0 Å². The molecule has 86 valence electrons. The van der Waals surface area contributed by atoms with Gasteiger partial charge in [-0.25, -0.2) is 4.79 Å². The molecule has 0 radical (unpaired) electrons. The highest BCUT2D eigenvalue weighted by molar-refractivity contribution is 5.91. The van der Waals surface area contributed by atoms with Gasteiger partial charge in [0.05, 0.1) is 5.56 Å². The van der Waals surface area contributed by atoms with E-state index >= 15 is 0 Å². The Morgan fingerprint density at radius 3 is 2.31 bits per heavy atom. The number of aliphatic hydroxyl groups is 1. The van der Waals surface area contributed by atoms with E-state index in [1.807, 2.05) is 24.3 Å². The van der Waals surface area contributed by atoms with Crippen molar-refractivity contribution < 1.29 is 15.0 Å². The molecule has 0 aromatic heterocycles. The second-order valence-corrected chi connectivity index (χ2v) is 3.75. The van der Waals surface area contributed by atoms with Crippen LogP contribution in [0.2, 0.25) is 0 Å². The Bertz CT molecular complexity index is 396. The molecule has 16 heavy (non-hydrogen) atoms. The van der Waals surface area contributed by atoms with Gasteiger partial charge in [0.1, 0.15) is 0 Å². The van der Waals surface area contributed by atoms with Gasteiger partial charge in [-0.3, -0.25) is 0 Å². The van der Waals surface area contributed by atoms with E-state index in [0.29, 0.717) is 12.0 Å². The van der Waals surface area contributed by atoms with Crippen molar-refractivity contribution >= 4 is 12.0 Å². The van der Waals surface area contributed by atoms with Crippen LogP contribution in [0.4, 0.5) is 0 Å². The van der Waals surface area contributed by atoms with E-state index in [1.54, 1.807) is 13.8 Å². The van der Waals surface area contributed by atoms with E-state index in [2.05, 4.69) is 0 Å². The van der Waals surface area contributed by atoms with E-state index in [1.165, 1.54) is 0 Å². The van der Waals surface area contributed by atoms with Gasteiger partial charge in [0, 0.05) is 6.61 Å². The minimum atomic E-state index is -0.888. The zero-order chi connectivity index (χ0) is 12.1. The maximum atomic E-state index is 11.0. The maximum absolute atomic E-state index is 11.0. The number of aliphatic hydroxyl groups excluding tert-OH is 1. The summed E-state index contributed by atoms with van der Waals surface area (Å²) in [6.07, 6.45) is 4.37. The molecule has 0 spiro atoms. The van der Waals surface area contributed by atoms with Crippen LogP contribution in [0.3, 0.4) is 0 Å². The van der Waals surface area contributed by atoms with E-state index in [-0.39, 0.29) is 6.61 Å². The van der Waals surface area contributed by atoms with Gasteiger partial charge in [0.15, 0.2) is 0 Å². The van der Waals surface area contributed by atoms with Gasteiger partial charge in [0.25, 0.3) is 0 Å². The van der Waals surface area contributed by atoms with Gasteiger partial charge in [-0.05, 0) is 37.0 Å². The molecule has 0 saturated heterocycles. The SMILES string of the molecule is Cc1cc(C=CCCO)cc(C)c1C(=O)O. The molecule has 3 nitrogen and oxygen atoms in total. The Hall–Kier alpha value is -1.61. The van der Waals surface area contributed by atoms with Crippen LogP contribution in [0, 0.1) is 13.8 Å². The molecule has 1 aromatic carbocycles. The first-order valence-corrected chi connectivity index (χ1v) is 5.18. The Kier molecular flexibility index (Phi) is 4.26. The Morgan fingerprint density at radius 1 is 1.31 bits per heavy atom. The Morgan fingerprint density at radius 2 is 1.88 bits per heavy atom. The number of aryl methyl sites for hydroxylation is 2. The number of hydrogen-bond donors (Lipinski definition) is 2. The molecular weight excluding hydrogens is 204 g/mol. The predicted molar refractivity (Wildman–Crippen MR) is 63.6 cm³/mol. The van der Waals surface area contributed by atoms with Crippen LogP contribution in [0.25, 0.3) is 6.08 Å². The van der Waals surface area contributed by atoms with Gasteiger partial charge < -0.3 is 10.2 Å². The lowest BCUT2D eigenvalue weighted by Gasteiger charge is -2.06. The standard InChI is InChI=1S/C13H16O3/c1-9-7-11(5-3-4-6-14)8-10(2)12(9)13(15)16/h3,5,7-8,14H,4,6H2,1-2H3,(H,15,16). The van der Waals surface area contributed by atoms with Crippen LogP contribution in [0.15, 0.2) is 18.2 Å². The number of benzene rings is 1.